The van der Waals surface area contributed by atoms with E-state index >= 15 is 0 Å². The second-order valence-electron chi connectivity index (χ2n) is 5.95. The van der Waals surface area contributed by atoms with Crippen LogP contribution in [0.3, 0.4) is 0 Å². The van der Waals surface area contributed by atoms with E-state index in [9.17, 15) is 4.79 Å². The van der Waals surface area contributed by atoms with Crippen LogP contribution >= 0.6 is 0 Å². The molecular weight excluding hydrogens is 288 g/mol. The molecule has 0 saturated heterocycles. The zero-order chi connectivity index (χ0) is 16.2. The first-order chi connectivity index (χ1) is 11.2. The van der Waals surface area contributed by atoms with Crippen LogP contribution in [-0.4, -0.2) is 25.3 Å². The molecule has 0 saturated carbocycles. The van der Waals surface area contributed by atoms with Gasteiger partial charge in [0.15, 0.2) is 0 Å². The third kappa shape index (κ3) is 3.23. The van der Waals surface area contributed by atoms with Gasteiger partial charge in [-0.25, -0.2) is 4.98 Å². The van der Waals surface area contributed by atoms with E-state index in [2.05, 4.69) is 21.5 Å². The van der Waals surface area contributed by atoms with Crippen molar-refractivity contribution in [2.24, 2.45) is 0 Å². The zero-order valence-corrected chi connectivity index (χ0v) is 13.7. The van der Waals surface area contributed by atoms with Crippen LogP contribution in [-0.2, 0) is 17.8 Å². The smallest absolute Gasteiger partial charge is 0.129 e. The Morgan fingerprint density at radius 1 is 1.22 bits per heavy atom. The summed E-state index contributed by atoms with van der Waals surface area (Å²) < 4.78 is 2.24. The molecule has 0 radical (unpaired) electrons. The lowest BCUT2D eigenvalue weighted by molar-refractivity contribution is -0.117. The number of aromatic nitrogens is 4. The molecule has 0 fully saturated rings. The Kier molecular flexibility index (Phi) is 4.65. The summed E-state index contributed by atoms with van der Waals surface area (Å²) in [6, 6.07) is 3.87. The van der Waals surface area contributed by atoms with E-state index in [1.165, 1.54) is 0 Å². The van der Waals surface area contributed by atoms with Crippen LogP contribution in [0.5, 0.6) is 0 Å². The van der Waals surface area contributed by atoms with Crippen molar-refractivity contribution in [2.75, 3.05) is 0 Å². The molecule has 3 rings (SSSR count). The van der Waals surface area contributed by atoms with E-state index in [1.807, 2.05) is 18.3 Å². The van der Waals surface area contributed by atoms with Crippen LogP contribution in [0, 0.1) is 0 Å². The number of pyridine rings is 2. The lowest BCUT2D eigenvalue weighted by atomic mass is 10.2. The molecular formula is C18H22N4O. The summed E-state index contributed by atoms with van der Waals surface area (Å²) in [4.78, 5) is 25.0. The molecule has 120 valence electrons. The summed E-state index contributed by atoms with van der Waals surface area (Å²) in [6.45, 7) is 4.62. The lowest BCUT2D eigenvalue weighted by Gasteiger charge is -2.09. The van der Waals surface area contributed by atoms with Crippen LogP contribution in [0.4, 0.5) is 0 Å². The third-order valence-electron chi connectivity index (χ3n) is 4.07. The van der Waals surface area contributed by atoms with E-state index < -0.39 is 0 Å². The summed E-state index contributed by atoms with van der Waals surface area (Å²) in [5.74, 6) is 1.31. The van der Waals surface area contributed by atoms with E-state index in [4.69, 9.17) is 4.98 Å². The number of hydrogen-bond acceptors (Lipinski definition) is 4. The summed E-state index contributed by atoms with van der Waals surface area (Å²) in [5.41, 5.74) is 3.72. The Morgan fingerprint density at radius 3 is 2.87 bits per heavy atom. The molecule has 0 atom stereocenters. The Bertz CT molecular complexity index is 838. The minimum Gasteiger partial charge on any atom is -0.326 e. The van der Waals surface area contributed by atoms with Gasteiger partial charge in [-0.15, -0.1) is 0 Å². The molecule has 3 aromatic heterocycles. The van der Waals surface area contributed by atoms with Gasteiger partial charge in [0.25, 0.3) is 0 Å². The van der Waals surface area contributed by atoms with Gasteiger partial charge in [-0.1, -0.05) is 13.3 Å². The average Bonchev–Trinajstić information content (AvgIpc) is 2.91. The van der Waals surface area contributed by atoms with Crippen molar-refractivity contribution in [3.05, 3.63) is 30.4 Å². The number of hydrogen-bond donors (Lipinski definition) is 0. The monoisotopic (exact) mass is 310 g/mol. The molecule has 0 aliphatic rings. The van der Waals surface area contributed by atoms with Gasteiger partial charge < -0.3 is 9.36 Å². The standard InChI is InChI=1S/C18H22N4O/c1-3-4-9-16-21-15-12-20-14-8-5-10-19-17(14)18(15)22(16)11-6-7-13(2)23/h5,8,10,12H,3-4,6-7,9,11H2,1-2H3. The van der Waals surface area contributed by atoms with Gasteiger partial charge in [0.1, 0.15) is 22.6 Å². The predicted octanol–water partition coefficient (Wildman–Crippen LogP) is 3.69. The first kappa shape index (κ1) is 15.6. The molecule has 5 nitrogen and oxygen atoms in total. The Morgan fingerprint density at radius 2 is 2.09 bits per heavy atom. The van der Waals surface area contributed by atoms with Crippen molar-refractivity contribution >= 4 is 27.9 Å². The second-order valence-corrected chi connectivity index (χ2v) is 5.95. The first-order valence-electron chi connectivity index (χ1n) is 8.29. The van der Waals surface area contributed by atoms with Gasteiger partial charge in [0.05, 0.1) is 17.2 Å². The van der Waals surface area contributed by atoms with Crippen molar-refractivity contribution in [2.45, 2.75) is 52.5 Å². The molecule has 3 aromatic rings. The largest absolute Gasteiger partial charge is 0.326 e. The molecule has 3 heterocycles. The number of imidazole rings is 1. The maximum absolute atomic E-state index is 11.3. The molecule has 0 aromatic carbocycles. The third-order valence-corrected chi connectivity index (χ3v) is 4.07. The summed E-state index contributed by atoms with van der Waals surface area (Å²) in [7, 11) is 0. The number of carbonyl (C=O) groups is 1. The first-order valence-corrected chi connectivity index (χ1v) is 8.29. The molecule has 0 N–H and O–H groups in total. The van der Waals surface area contributed by atoms with Crippen LogP contribution in [0.25, 0.3) is 22.1 Å². The fraction of sp³-hybridized carbons (Fsp3) is 0.444. The van der Waals surface area contributed by atoms with Crippen molar-refractivity contribution < 1.29 is 4.79 Å². The van der Waals surface area contributed by atoms with Crippen LogP contribution in [0.2, 0.25) is 0 Å². The number of unbranched alkanes of at least 4 members (excludes halogenated alkanes) is 1. The van der Waals surface area contributed by atoms with Crippen molar-refractivity contribution in [3.8, 4) is 0 Å². The highest BCUT2D eigenvalue weighted by Gasteiger charge is 2.14. The number of rotatable bonds is 7. The average molecular weight is 310 g/mol. The number of fused-ring (bicyclic) bond motifs is 3. The maximum Gasteiger partial charge on any atom is 0.129 e. The quantitative estimate of drug-likeness (QED) is 0.667. The molecule has 0 amide bonds. The number of carbonyl (C=O) groups excluding carboxylic acids is 1. The second kappa shape index (κ2) is 6.86. The van der Waals surface area contributed by atoms with Crippen LogP contribution < -0.4 is 0 Å². The molecule has 0 unspecified atom stereocenters. The summed E-state index contributed by atoms with van der Waals surface area (Å²) in [5, 5.41) is 0. The lowest BCUT2D eigenvalue weighted by Crippen LogP contribution is -2.06. The van der Waals surface area contributed by atoms with Crippen molar-refractivity contribution in [1.29, 1.82) is 0 Å². The van der Waals surface area contributed by atoms with E-state index in [1.54, 1.807) is 13.1 Å². The Hall–Kier alpha value is -2.30. The van der Waals surface area contributed by atoms with E-state index in [0.29, 0.717) is 6.42 Å². The fourth-order valence-corrected chi connectivity index (χ4v) is 2.93. The highest BCUT2D eigenvalue weighted by molar-refractivity contribution is 5.99. The van der Waals surface area contributed by atoms with Crippen LogP contribution in [0.1, 0.15) is 45.4 Å². The van der Waals surface area contributed by atoms with E-state index in [-0.39, 0.29) is 5.78 Å². The number of ketones is 1. The van der Waals surface area contributed by atoms with Gasteiger partial charge >= 0.3 is 0 Å². The van der Waals surface area contributed by atoms with Gasteiger partial charge in [-0.2, -0.15) is 0 Å². The van der Waals surface area contributed by atoms with E-state index in [0.717, 1.165) is 60.1 Å². The maximum atomic E-state index is 11.3. The Labute approximate surface area is 135 Å². The fourth-order valence-electron chi connectivity index (χ4n) is 2.93. The highest BCUT2D eigenvalue weighted by atomic mass is 16.1. The predicted molar refractivity (Wildman–Crippen MR) is 91.4 cm³/mol. The number of aryl methyl sites for hydroxylation is 2. The molecule has 0 bridgehead atoms. The normalized spacial score (nSPS) is 11.4. The van der Waals surface area contributed by atoms with Gasteiger partial charge in [0.2, 0.25) is 0 Å². The number of Topliss-reactive ketones (excluding diaryl/α,β-unsaturated/α-hetero) is 1. The van der Waals surface area contributed by atoms with Gasteiger partial charge in [0, 0.05) is 25.6 Å². The molecule has 0 aliphatic carbocycles. The van der Waals surface area contributed by atoms with Crippen LogP contribution in [0.15, 0.2) is 24.5 Å². The van der Waals surface area contributed by atoms with Crippen molar-refractivity contribution in [1.82, 2.24) is 19.5 Å². The van der Waals surface area contributed by atoms with Gasteiger partial charge in [-0.05, 0) is 31.9 Å². The Balaban J connectivity index is 2.09. The minimum absolute atomic E-state index is 0.231. The molecule has 23 heavy (non-hydrogen) atoms. The summed E-state index contributed by atoms with van der Waals surface area (Å²) in [6.07, 6.45) is 8.24. The SMILES string of the molecule is CCCCc1nc2cnc3cccnc3c2n1CCCC(C)=O. The highest BCUT2D eigenvalue weighted by Crippen LogP contribution is 2.24. The summed E-state index contributed by atoms with van der Waals surface area (Å²) >= 11 is 0. The van der Waals surface area contributed by atoms with Gasteiger partial charge in [-0.3, -0.25) is 9.97 Å². The molecule has 0 spiro atoms. The topological polar surface area (TPSA) is 60.7 Å². The zero-order valence-electron chi connectivity index (χ0n) is 13.7. The minimum atomic E-state index is 0.231. The molecule has 5 heteroatoms. The van der Waals surface area contributed by atoms with Crippen molar-refractivity contribution in [3.63, 3.8) is 0 Å². The number of nitrogens with zero attached hydrogens (tertiary/aromatic N) is 4. The molecule has 0 aliphatic heterocycles.